The number of halogens is 2. The first kappa shape index (κ1) is 20.0. The van der Waals surface area contributed by atoms with Gasteiger partial charge in [-0.1, -0.05) is 30.1 Å². The lowest BCUT2D eigenvalue weighted by atomic mass is 10.1. The number of rotatable bonds is 4. The van der Waals surface area contributed by atoms with E-state index in [9.17, 15) is 4.79 Å². The van der Waals surface area contributed by atoms with Crippen molar-refractivity contribution in [3.63, 3.8) is 0 Å². The third kappa shape index (κ3) is 5.82. The molecule has 1 aliphatic rings. The Balaban J connectivity index is 0.000000238. The molecule has 4 N–H and O–H groups in total. The highest BCUT2D eigenvalue weighted by Gasteiger charge is 2.19. The van der Waals surface area contributed by atoms with Gasteiger partial charge in [-0.2, -0.15) is 0 Å². The molecule has 0 amide bonds. The Kier molecular flexibility index (Phi) is 8.65. The Morgan fingerprint density at radius 2 is 2.17 bits per heavy atom. The molecule has 0 bridgehead atoms. The van der Waals surface area contributed by atoms with Gasteiger partial charge in [0.15, 0.2) is 5.75 Å². The van der Waals surface area contributed by atoms with Crippen LogP contribution in [0.3, 0.4) is 0 Å². The van der Waals surface area contributed by atoms with Crippen molar-refractivity contribution in [1.82, 2.24) is 5.32 Å². The van der Waals surface area contributed by atoms with E-state index in [-0.39, 0.29) is 33.5 Å². The number of hydrogen-bond donors (Lipinski definition) is 3. The summed E-state index contributed by atoms with van der Waals surface area (Å²) in [6.07, 6.45) is 1.23. The van der Waals surface area contributed by atoms with Gasteiger partial charge in [-0.3, -0.25) is 0 Å². The molecule has 23 heavy (non-hydrogen) atoms. The molecule has 8 heteroatoms. The molecule has 1 aromatic carbocycles. The Morgan fingerprint density at radius 3 is 2.61 bits per heavy atom. The molecular formula is C15H22Cl2N2O4. The van der Waals surface area contributed by atoms with Crippen molar-refractivity contribution in [1.29, 1.82) is 0 Å². The second-order valence-corrected chi connectivity index (χ2v) is 5.74. The van der Waals surface area contributed by atoms with Crippen LogP contribution in [-0.2, 0) is 4.74 Å². The number of benzene rings is 1. The SMILES string of the molecule is CCC(N)C1CNCCO1.COc1c(Cl)ccc(Cl)c1C(=O)O. The molecule has 0 aliphatic carbocycles. The summed E-state index contributed by atoms with van der Waals surface area (Å²) in [4.78, 5) is 10.7. The smallest absolute Gasteiger partial charge is 0.341 e. The maximum Gasteiger partial charge on any atom is 0.341 e. The van der Waals surface area contributed by atoms with Crippen LogP contribution in [-0.4, -0.2) is 50.0 Å². The maximum absolute atomic E-state index is 10.7. The molecule has 1 fully saturated rings. The minimum Gasteiger partial charge on any atom is -0.494 e. The third-order valence-corrected chi connectivity index (χ3v) is 3.99. The zero-order valence-corrected chi connectivity index (χ0v) is 14.7. The first-order valence-electron chi connectivity index (χ1n) is 7.25. The van der Waals surface area contributed by atoms with E-state index < -0.39 is 5.97 Å². The molecule has 1 saturated heterocycles. The van der Waals surface area contributed by atoms with Crippen LogP contribution in [0, 0.1) is 0 Å². The third-order valence-electron chi connectivity index (χ3n) is 3.38. The fraction of sp³-hybridized carbons (Fsp3) is 0.533. The molecule has 0 aromatic heterocycles. The minimum atomic E-state index is -1.16. The summed E-state index contributed by atoms with van der Waals surface area (Å²) in [5.41, 5.74) is 5.67. The van der Waals surface area contributed by atoms with Crippen LogP contribution in [0.15, 0.2) is 12.1 Å². The topological polar surface area (TPSA) is 93.8 Å². The van der Waals surface area contributed by atoms with Gasteiger partial charge in [0.05, 0.1) is 29.9 Å². The lowest BCUT2D eigenvalue weighted by Gasteiger charge is -2.27. The van der Waals surface area contributed by atoms with Crippen LogP contribution >= 0.6 is 23.2 Å². The number of ether oxygens (including phenoxy) is 2. The van der Waals surface area contributed by atoms with Gasteiger partial charge in [-0.05, 0) is 18.6 Å². The maximum atomic E-state index is 10.7. The zero-order chi connectivity index (χ0) is 17.4. The lowest BCUT2D eigenvalue weighted by molar-refractivity contribution is 0.0120. The number of carbonyl (C=O) groups is 1. The van der Waals surface area contributed by atoms with E-state index in [1.165, 1.54) is 19.2 Å². The molecule has 0 radical (unpaired) electrons. The number of carboxylic acid groups (broad SMARTS) is 1. The van der Waals surface area contributed by atoms with Gasteiger partial charge < -0.3 is 25.6 Å². The van der Waals surface area contributed by atoms with Crippen molar-refractivity contribution in [3.05, 3.63) is 27.7 Å². The van der Waals surface area contributed by atoms with Crippen LogP contribution in [0.4, 0.5) is 0 Å². The van der Waals surface area contributed by atoms with Crippen LogP contribution in [0.1, 0.15) is 23.7 Å². The van der Waals surface area contributed by atoms with Gasteiger partial charge in [-0.25, -0.2) is 4.79 Å². The van der Waals surface area contributed by atoms with Gasteiger partial charge in [0.2, 0.25) is 0 Å². The number of morpholine rings is 1. The van der Waals surface area contributed by atoms with E-state index in [0.29, 0.717) is 0 Å². The average molecular weight is 365 g/mol. The van der Waals surface area contributed by atoms with Crippen LogP contribution in [0.2, 0.25) is 10.0 Å². The van der Waals surface area contributed by atoms with E-state index in [1.54, 1.807) is 0 Å². The summed E-state index contributed by atoms with van der Waals surface area (Å²) in [7, 11) is 1.34. The summed E-state index contributed by atoms with van der Waals surface area (Å²) in [6.45, 7) is 4.77. The van der Waals surface area contributed by atoms with Gasteiger partial charge >= 0.3 is 5.97 Å². The van der Waals surface area contributed by atoms with Crippen molar-refractivity contribution in [2.75, 3.05) is 26.8 Å². The Labute approximate surface area is 145 Å². The first-order chi connectivity index (χ1) is 10.9. The highest BCUT2D eigenvalue weighted by molar-refractivity contribution is 6.36. The molecule has 6 nitrogen and oxygen atoms in total. The molecule has 1 heterocycles. The van der Waals surface area contributed by atoms with Gasteiger partial charge in [0.1, 0.15) is 5.56 Å². The first-order valence-corrected chi connectivity index (χ1v) is 8.01. The van der Waals surface area contributed by atoms with Crippen molar-refractivity contribution in [3.8, 4) is 5.75 Å². The summed E-state index contributed by atoms with van der Waals surface area (Å²) < 4.78 is 10.3. The summed E-state index contributed by atoms with van der Waals surface area (Å²) in [5, 5.41) is 12.4. The highest BCUT2D eigenvalue weighted by atomic mass is 35.5. The summed E-state index contributed by atoms with van der Waals surface area (Å²) >= 11 is 11.4. The van der Waals surface area contributed by atoms with Crippen molar-refractivity contribution >= 4 is 29.2 Å². The molecule has 130 valence electrons. The van der Waals surface area contributed by atoms with Crippen LogP contribution in [0.5, 0.6) is 5.75 Å². The van der Waals surface area contributed by atoms with Gasteiger partial charge in [0, 0.05) is 19.1 Å². The summed E-state index contributed by atoms with van der Waals surface area (Å²) in [6, 6.07) is 3.10. The molecule has 2 unspecified atom stereocenters. The van der Waals surface area contributed by atoms with Crippen molar-refractivity contribution in [2.24, 2.45) is 5.73 Å². The van der Waals surface area contributed by atoms with Crippen molar-refractivity contribution in [2.45, 2.75) is 25.5 Å². The molecule has 2 rings (SSSR count). The number of nitrogens with one attached hydrogen (secondary N) is 1. The van der Waals surface area contributed by atoms with E-state index >= 15 is 0 Å². The van der Waals surface area contributed by atoms with E-state index in [4.69, 9.17) is 43.5 Å². The fourth-order valence-corrected chi connectivity index (χ4v) is 2.52. The normalized spacial score (nSPS) is 18.6. The number of methoxy groups -OCH3 is 1. The predicted octanol–water partition coefficient (Wildman–Crippen LogP) is 2.41. The number of aromatic carboxylic acids is 1. The second kappa shape index (κ2) is 9.95. The second-order valence-electron chi connectivity index (χ2n) is 4.93. The number of nitrogens with two attached hydrogens (primary N) is 1. The van der Waals surface area contributed by atoms with E-state index in [0.717, 1.165) is 26.1 Å². The zero-order valence-electron chi connectivity index (χ0n) is 13.1. The average Bonchev–Trinajstić information content (AvgIpc) is 2.56. The van der Waals surface area contributed by atoms with E-state index in [1.807, 2.05) is 0 Å². The Hall–Kier alpha value is -1.05. The lowest BCUT2D eigenvalue weighted by Crippen LogP contribution is -2.48. The van der Waals surface area contributed by atoms with E-state index in [2.05, 4.69) is 12.2 Å². The highest BCUT2D eigenvalue weighted by Crippen LogP contribution is 2.33. The fourth-order valence-electron chi connectivity index (χ4n) is 2.06. The Morgan fingerprint density at radius 1 is 1.52 bits per heavy atom. The van der Waals surface area contributed by atoms with Gasteiger partial charge in [-0.15, -0.1) is 0 Å². The molecule has 0 spiro atoms. The molecule has 0 saturated carbocycles. The van der Waals surface area contributed by atoms with Crippen molar-refractivity contribution < 1.29 is 19.4 Å². The van der Waals surface area contributed by atoms with Crippen LogP contribution in [0.25, 0.3) is 0 Å². The molecule has 2 atom stereocenters. The minimum absolute atomic E-state index is 0.0849. The summed E-state index contributed by atoms with van der Waals surface area (Å²) in [5.74, 6) is -1.08. The van der Waals surface area contributed by atoms with Crippen LogP contribution < -0.4 is 15.8 Å². The standard InChI is InChI=1S/C8H6Cl2O3.C7H16N2O/c1-13-7-5(10)3-2-4(9)6(7)8(11)12;1-2-6(8)7-5-9-3-4-10-7/h2-3H,1H3,(H,11,12);6-7,9H,2-5,8H2,1H3. The van der Waals surface area contributed by atoms with Gasteiger partial charge in [0.25, 0.3) is 0 Å². The quantitative estimate of drug-likeness (QED) is 0.759. The molecular weight excluding hydrogens is 343 g/mol. The Bertz CT molecular complexity index is 522. The monoisotopic (exact) mass is 364 g/mol. The molecule has 1 aliphatic heterocycles. The predicted molar refractivity (Wildman–Crippen MR) is 90.8 cm³/mol. The molecule has 1 aromatic rings. The number of carboxylic acids is 1. The largest absolute Gasteiger partial charge is 0.494 e. The number of hydrogen-bond acceptors (Lipinski definition) is 5.